The molecule has 0 bridgehead atoms. The summed E-state index contributed by atoms with van der Waals surface area (Å²) < 4.78 is 13.4. The predicted octanol–water partition coefficient (Wildman–Crippen LogP) is 3.61. The number of rotatable bonds is 3. The first-order valence-electron chi connectivity index (χ1n) is 6.29. The van der Waals surface area contributed by atoms with Crippen molar-refractivity contribution in [3.05, 3.63) is 39.7 Å². The molecule has 100 valence electrons. The van der Waals surface area contributed by atoms with Crippen molar-refractivity contribution in [3.63, 3.8) is 0 Å². The summed E-state index contributed by atoms with van der Waals surface area (Å²) in [5.41, 5.74) is -0.224. The van der Waals surface area contributed by atoms with Gasteiger partial charge in [0.25, 0.3) is 5.69 Å². The first kappa shape index (κ1) is 13.5. The molecule has 0 saturated heterocycles. The van der Waals surface area contributed by atoms with E-state index in [0.717, 1.165) is 25.3 Å². The Bertz CT molecular complexity index is 553. The number of nitrogens with zero attached hydrogens (tertiary/aromatic N) is 2. The van der Waals surface area contributed by atoms with Gasteiger partial charge in [-0.3, -0.25) is 10.1 Å². The topological polar surface area (TPSA) is 66.9 Å². The van der Waals surface area contributed by atoms with Gasteiger partial charge in [-0.2, -0.15) is 5.26 Å². The minimum Gasteiger partial charge on any atom is -0.258 e. The Hall–Kier alpha value is -1.96. The van der Waals surface area contributed by atoms with Crippen molar-refractivity contribution >= 4 is 5.69 Å². The molecule has 0 radical (unpaired) electrons. The van der Waals surface area contributed by atoms with Crippen LogP contribution in [0.2, 0.25) is 0 Å². The molecule has 5 heteroatoms. The third kappa shape index (κ3) is 2.90. The van der Waals surface area contributed by atoms with E-state index < -0.39 is 16.2 Å². The van der Waals surface area contributed by atoms with Gasteiger partial charge in [0.05, 0.1) is 22.5 Å². The Kier molecular flexibility index (Phi) is 3.52. The minimum atomic E-state index is -0.622. The van der Waals surface area contributed by atoms with Crippen LogP contribution in [0.4, 0.5) is 10.1 Å². The average Bonchev–Trinajstić information content (AvgIpc) is 2.70. The fraction of sp³-hybridized carbons (Fsp3) is 0.500. The number of nitriles is 1. The van der Waals surface area contributed by atoms with E-state index in [1.54, 1.807) is 0 Å². The molecule has 0 heterocycles. The van der Waals surface area contributed by atoms with Crippen LogP contribution in [0.15, 0.2) is 18.2 Å². The Morgan fingerprint density at radius 2 is 2.32 bits per heavy atom. The lowest BCUT2D eigenvalue weighted by molar-refractivity contribution is -0.385. The summed E-state index contributed by atoms with van der Waals surface area (Å²) in [6, 6.07) is 5.89. The number of benzene rings is 1. The van der Waals surface area contributed by atoms with Gasteiger partial charge in [-0.25, -0.2) is 4.39 Å². The van der Waals surface area contributed by atoms with Crippen LogP contribution in [0.3, 0.4) is 0 Å². The van der Waals surface area contributed by atoms with E-state index in [1.807, 2.05) is 0 Å². The van der Waals surface area contributed by atoms with Gasteiger partial charge < -0.3 is 0 Å². The summed E-state index contributed by atoms with van der Waals surface area (Å²) in [6.07, 6.45) is 2.90. The lowest BCUT2D eigenvalue weighted by Crippen LogP contribution is -2.18. The second-order valence-electron chi connectivity index (χ2n) is 5.49. The molecule has 2 rings (SSSR count). The zero-order valence-electron chi connectivity index (χ0n) is 10.7. The van der Waals surface area contributed by atoms with Gasteiger partial charge in [0.15, 0.2) is 0 Å². The maximum atomic E-state index is 13.4. The van der Waals surface area contributed by atoms with Crippen molar-refractivity contribution in [2.24, 2.45) is 11.3 Å². The standard InChI is InChI=1S/C14H15FN2O2/c1-10-2-3-14(7-10,9-16)8-11-4-12(15)6-13(5-11)17(18)19/h4-6,10H,2-3,7-8H2,1H3. The van der Waals surface area contributed by atoms with Crippen molar-refractivity contribution in [3.8, 4) is 6.07 Å². The van der Waals surface area contributed by atoms with Crippen molar-refractivity contribution in [2.75, 3.05) is 0 Å². The maximum Gasteiger partial charge on any atom is 0.272 e. The van der Waals surface area contributed by atoms with Gasteiger partial charge in [0, 0.05) is 6.07 Å². The summed E-state index contributed by atoms with van der Waals surface area (Å²) in [4.78, 5) is 10.1. The van der Waals surface area contributed by atoms with Crippen LogP contribution in [-0.2, 0) is 6.42 Å². The molecular formula is C14H15FN2O2. The molecule has 1 aromatic carbocycles. The number of nitro groups is 1. The van der Waals surface area contributed by atoms with Crippen LogP contribution in [0.1, 0.15) is 31.7 Å². The lowest BCUT2D eigenvalue weighted by atomic mass is 9.81. The second kappa shape index (κ2) is 4.96. The number of hydrogen-bond donors (Lipinski definition) is 0. The number of non-ortho nitro benzene ring substituents is 1. The monoisotopic (exact) mass is 262 g/mol. The summed E-state index contributed by atoms with van der Waals surface area (Å²) in [7, 11) is 0. The molecule has 0 aliphatic heterocycles. The molecule has 0 amide bonds. The molecule has 19 heavy (non-hydrogen) atoms. The zero-order chi connectivity index (χ0) is 14.0. The fourth-order valence-corrected chi connectivity index (χ4v) is 2.93. The van der Waals surface area contributed by atoms with Crippen LogP contribution in [0.5, 0.6) is 0 Å². The SMILES string of the molecule is CC1CCC(C#N)(Cc2cc(F)cc([N+](=O)[O-])c2)C1. The van der Waals surface area contributed by atoms with Crippen LogP contribution in [0.25, 0.3) is 0 Å². The van der Waals surface area contributed by atoms with E-state index in [9.17, 15) is 19.8 Å². The highest BCUT2D eigenvalue weighted by Gasteiger charge is 2.38. The van der Waals surface area contributed by atoms with E-state index in [2.05, 4.69) is 13.0 Å². The molecule has 1 aliphatic carbocycles. The molecule has 2 atom stereocenters. The van der Waals surface area contributed by atoms with Crippen LogP contribution in [-0.4, -0.2) is 4.92 Å². The van der Waals surface area contributed by atoms with Crippen LogP contribution >= 0.6 is 0 Å². The summed E-state index contributed by atoms with van der Waals surface area (Å²) in [6.45, 7) is 2.09. The smallest absolute Gasteiger partial charge is 0.258 e. The third-order valence-corrected chi connectivity index (χ3v) is 3.79. The number of halogens is 1. The van der Waals surface area contributed by atoms with E-state index >= 15 is 0 Å². The summed E-state index contributed by atoms with van der Waals surface area (Å²) >= 11 is 0. The molecule has 1 aliphatic rings. The average molecular weight is 262 g/mol. The zero-order valence-corrected chi connectivity index (χ0v) is 10.7. The molecule has 0 N–H and O–H groups in total. The van der Waals surface area contributed by atoms with E-state index in [-0.39, 0.29) is 5.69 Å². The van der Waals surface area contributed by atoms with Gasteiger partial charge >= 0.3 is 0 Å². The number of hydrogen-bond acceptors (Lipinski definition) is 3. The molecule has 0 spiro atoms. The van der Waals surface area contributed by atoms with Gasteiger partial charge in [-0.15, -0.1) is 0 Å². The third-order valence-electron chi connectivity index (χ3n) is 3.79. The largest absolute Gasteiger partial charge is 0.272 e. The van der Waals surface area contributed by atoms with E-state index in [4.69, 9.17) is 0 Å². The van der Waals surface area contributed by atoms with Gasteiger partial charge in [-0.05, 0) is 43.2 Å². The lowest BCUT2D eigenvalue weighted by Gasteiger charge is -2.20. The normalized spacial score (nSPS) is 26.1. The molecule has 0 aromatic heterocycles. The maximum absolute atomic E-state index is 13.4. The number of nitro benzene ring substituents is 1. The molecule has 1 saturated carbocycles. The first-order chi connectivity index (χ1) is 8.94. The summed E-state index contributed by atoms with van der Waals surface area (Å²) in [5, 5.41) is 20.1. The predicted molar refractivity (Wildman–Crippen MR) is 67.8 cm³/mol. The highest BCUT2D eigenvalue weighted by molar-refractivity contribution is 5.36. The van der Waals surface area contributed by atoms with Gasteiger partial charge in [0.2, 0.25) is 0 Å². The van der Waals surface area contributed by atoms with Gasteiger partial charge in [-0.1, -0.05) is 6.92 Å². The first-order valence-corrected chi connectivity index (χ1v) is 6.29. The second-order valence-corrected chi connectivity index (χ2v) is 5.49. The highest BCUT2D eigenvalue weighted by Crippen LogP contribution is 2.43. The summed E-state index contributed by atoms with van der Waals surface area (Å²) in [5.74, 6) is -0.147. The Labute approximate surface area is 111 Å². The Morgan fingerprint density at radius 1 is 1.58 bits per heavy atom. The highest BCUT2D eigenvalue weighted by atomic mass is 19.1. The Morgan fingerprint density at radius 3 is 2.84 bits per heavy atom. The van der Waals surface area contributed by atoms with Crippen molar-refractivity contribution < 1.29 is 9.31 Å². The fourth-order valence-electron chi connectivity index (χ4n) is 2.93. The van der Waals surface area contributed by atoms with Crippen LogP contribution in [0, 0.1) is 38.6 Å². The quantitative estimate of drug-likeness (QED) is 0.617. The van der Waals surface area contributed by atoms with E-state index in [1.165, 1.54) is 12.1 Å². The van der Waals surface area contributed by atoms with Crippen molar-refractivity contribution in [2.45, 2.75) is 32.6 Å². The van der Waals surface area contributed by atoms with Crippen molar-refractivity contribution in [1.29, 1.82) is 5.26 Å². The molecule has 1 aromatic rings. The minimum absolute atomic E-state index is 0.255. The molecule has 2 unspecified atom stereocenters. The Balaban J connectivity index is 2.28. The van der Waals surface area contributed by atoms with E-state index in [0.29, 0.717) is 17.9 Å². The van der Waals surface area contributed by atoms with Crippen molar-refractivity contribution in [1.82, 2.24) is 0 Å². The molecule has 1 fully saturated rings. The van der Waals surface area contributed by atoms with Gasteiger partial charge in [0.1, 0.15) is 5.82 Å². The molecular weight excluding hydrogens is 247 g/mol. The van der Waals surface area contributed by atoms with Crippen LogP contribution < -0.4 is 0 Å². The molecule has 4 nitrogen and oxygen atoms in total.